The number of nitrogens with one attached hydrogen (secondary N) is 1. The fourth-order valence-corrected chi connectivity index (χ4v) is 1.09. The molecule has 5 heteroatoms. The second kappa shape index (κ2) is 7.09. The number of carbonyl (C=O) groups excluding carboxylic acids is 1. The minimum Gasteiger partial charge on any atom is -0.480 e. The zero-order valence-corrected chi connectivity index (χ0v) is 10.3. The van der Waals surface area contributed by atoms with E-state index in [2.05, 4.69) is 5.32 Å². The number of alkyl carbamates (subject to hydrolysis) is 1. The largest absolute Gasteiger partial charge is 0.480 e. The molecule has 0 aromatic carbocycles. The number of carbonyl (C=O) groups is 2. The first kappa shape index (κ1) is 14.7. The second-order valence-corrected chi connectivity index (χ2v) is 4.34. The highest BCUT2D eigenvalue weighted by Crippen LogP contribution is 2.08. The molecule has 0 bridgehead atoms. The predicted molar refractivity (Wildman–Crippen MR) is 60.2 cm³/mol. The van der Waals surface area contributed by atoms with E-state index < -0.39 is 18.1 Å². The molecular weight excluding hydrogens is 210 g/mol. The lowest BCUT2D eigenvalue weighted by Gasteiger charge is -2.20. The van der Waals surface area contributed by atoms with Crippen LogP contribution in [0.25, 0.3) is 0 Å². The zero-order chi connectivity index (χ0) is 12.7. The molecule has 16 heavy (non-hydrogen) atoms. The summed E-state index contributed by atoms with van der Waals surface area (Å²) in [5, 5.41) is 11.3. The van der Waals surface area contributed by atoms with E-state index in [4.69, 9.17) is 9.84 Å². The van der Waals surface area contributed by atoms with Gasteiger partial charge in [0.15, 0.2) is 0 Å². The molecule has 0 fully saturated rings. The van der Waals surface area contributed by atoms with Gasteiger partial charge >= 0.3 is 12.1 Å². The average molecular weight is 231 g/mol. The third-order valence-corrected chi connectivity index (χ3v) is 2.30. The molecule has 0 heterocycles. The summed E-state index contributed by atoms with van der Waals surface area (Å²) in [5.74, 6) is -0.919. The van der Waals surface area contributed by atoms with Crippen molar-refractivity contribution in [2.75, 3.05) is 6.61 Å². The van der Waals surface area contributed by atoms with Crippen LogP contribution in [0.15, 0.2) is 0 Å². The highest BCUT2D eigenvalue weighted by molar-refractivity contribution is 5.80. The van der Waals surface area contributed by atoms with E-state index in [1.54, 1.807) is 6.92 Å². The molecule has 0 aliphatic rings. The quantitative estimate of drug-likeness (QED) is 0.731. The molecule has 0 radical (unpaired) electrons. The Labute approximate surface area is 96.2 Å². The van der Waals surface area contributed by atoms with E-state index in [0.717, 1.165) is 0 Å². The average Bonchev–Trinajstić information content (AvgIpc) is 2.21. The van der Waals surface area contributed by atoms with Crippen molar-refractivity contribution in [1.82, 2.24) is 5.32 Å². The van der Waals surface area contributed by atoms with Gasteiger partial charge in [-0.2, -0.15) is 0 Å². The van der Waals surface area contributed by atoms with Gasteiger partial charge < -0.3 is 15.2 Å². The van der Waals surface area contributed by atoms with Gasteiger partial charge in [0, 0.05) is 0 Å². The summed E-state index contributed by atoms with van der Waals surface area (Å²) in [7, 11) is 0. The molecule has 0 aliphatic carbocycles. The molecule has 2 atom stereocenters. The summed E-state index contributed by atoms with van der Waals surface area (Å²) < 4.78 is 4.87. The Morgan fingerprint density at radius 1 is 1.31 bits per heavy atom. The molecule has 0 saturated carbocycles. The van der Waals surface area contributed by atoms with E-state index in [0.29, 0.717) is 13.0 Å². The van der Waals surface area contributed by atoms with Crippen LogP contribution in [0.2, 0.25) is 0 Å². The van der Waals surface area contributed by atoms with Gasteiger partial charge in [-0.1, -0.05) is 34.1 Å². The SMILES string of the molecule is CCC(C)[C@H](NC(=O)OCC(C)C)C(=O)O. The number of amides is 1. The Hall–Kier alpha value is -1.26. The summed E-state index contributed by atoms with van der Waals surface area (Å²) in [5.41, 5.74) is 0. The molecule has 0 spiro atoms. The van der Waals surface area contributed by atoms with Crippen LogP contribution in [0.4, 0.5) is 4.79 Å². The number of carboxylic acids is 1. The van der Waals surface area contributed by atoms with Crippen LogP contribution < -0.4 is 5.32 Å². The van der Waals surface area contributed by atoms with Gasteiger partial charge in [0.05, 0.1) is 6.61 Å². The lowest BCUT2D eigenvalue weighted by atomic mass is 10.00. The lowest BCUT2D eigenvalue weighted by Crippen LogP contribution is -2.45. The molecular formula is C11H21NO4. The fourth-order valence-electron chi connectivity index (χ4n) is 1.09. The summed E-state index contributed by atoms with van der Waals surface area (Å²) in [6.07, 6.45) is 0.0166. The van der Waals surface area contributed by atoms with Crippen molar-refractivity contribution in [3.63, 3.8) is 0 Å². The van der Waals surface area contributed by atoms with Crippen molar-refractivity contribution >= 4 is 12.1 Å². The molecule has 1 unspecified atom stereocenters. The number of rotatable bonds is 6. The molecule has 5 nitrogen and oxygen atoms in total. The van der Waals surface area contributed by atoms with E-state index >= 15 is 0 Å². The standard InChI is InChI=1S/C11H21NO4/c1-5-8(4)9(10(13)14)12-11(15)16-6-7(2)3/h7-9H,5-6H2,1-4H3,(H,12,15)(H,13,14)/t8?,9-/m0/s1. The number of aliphatic carboxylic acids is 1. The van der Waals surface area contributed by atoms with Crippen molar-refractivity contribution in [3.05, 3.63) is 0 Å². The van der Waals surface area contributed by atoms with E-state index in [1.807, 2.05) is 20.8 Å². The minimum absolute atomic E-state index is 0.121. The first-order valence-electron chi connectivity index (χ1n) is 5.54. The number of hydrogen-bond acceptors (Lipinski definition) is 3. The zero-order valence-electron chi connectivity index (χ0n) is 10.3. The summed E-state index contributed by atoms with van der Waals surface area (Å²) >= 11 is 0. The highest BCUT2D eigenvalue weighted by atomic mass is 16.5. The topological polar surface area (TPSA) is 75.6 Å². The fraction of sp³-hybridized carbons (Fsp3) is 0.818. The Bertz CT molecular complexity index is 240. The Morgan fingerprint density at radius 2 is 1.88 bits per heavy atom. The molecule has 0 aromatic heterocycles. The smallest absolute Gasteiger partial charge is 0.407 e. The first-order chi connectivity index (χ1) is 7.38. The van der Waals surface area contributed by atoms with Crippen molar-refractivity contribution in [2.45, 2.75) is 40.2 Å². The predicted octanol–water partition coefficient (Wildman–Crippen LogP) is 1.87. The van der Waals surface area contributed by atoms with Gasteiger partial charge in [-0.15, -0.1) is 0 Å². The normalized spacial score (nSPS) is 14.3. The van der Waals surface area contributed by atoms with Crippen LogP contribution in [-0.4, -0.2) is 29.8 Å². The minimum atomic E-state index is -1.03. The highest BCUT2D eigenvalue weighted by Gasteiger charge is 2.25. The van der Waals surface area contributed by atoms with Gasteiger partial charge in [-0.3, -0.25) is 0 Å². The maximum absolute atomic E-state index is 11.3. The molecule has 0 rings (SSSR count). The number of carboxylic acid groups (broad SMARTS) is 1. The maximum Gasteiger partial charge on any atom is 0.407 e. The van der Waals surface area contributed by atoms with Crippen molar-refractivity contribution < 1.29 is 19.4 Å². The van der Waals surface area contributed by atoms with Gasteiger partial charge in [0.25, 0.3) is 0 Å². The van der Waals surface area contributed by atoms with Crippen molar-refractivity contribution in [2.24, 2.45) is 11.8 Å². The Balaban J connectivity index is 4.19. The molecule has 1 amide bonds. The molecule has 0 aromatic rings. The Kier molecular flexibility index (Phi) is 6.53. The van der Waals surface area contributed by atoms with Gasteiger partial charge in [-0.25, -0.2) is 9.59 Å². The van der Waals surface area contributed by atoms with Crippen LogP contribution in [0.1, 0.15) is 34.1 Å². The summed E-state index contributed by atoms with van der Waals surface area (Å²) in [6, 6.07) is -0.885. The van der Waals surface area contributed by atoms with Crippen LogP contribution in [-0.2, 0) is 9.53 Å². The molecule has 0 aliphatic heterocycles. The lowest BCUT2D eigenvalue weighted by molar-refractivity contribution is -0.140. The van der Waals surface area contributed by atoms with Crippen molar-refractivity contribution in [3.8, 4) is 0 Å². The van der Waals surface area contributed by atoms with Crippen LogP contribution in [0.3, 0.4) is 0 Å². The summed E-state index contributed by atoms with van der Waals surface area (Å²) in [4.78, 5) is 22.2. The Morgan fingerprint density at radius 3 is 2.25 bits per heavy atom. The molecule has 0 saturated heterocycles. The molecule has 94 valence electrons. The third kappa shape index (κ3) is 5.58. The van der Waals surface area contributed by atoms with Gasteiger partial charge in [0.1, 0.15) is 6.04 Å². The van der Waals surface area contributed by atoms with E-state index in [-0.39, 0.29) is 11.8 Å². The number of ether oxygens (including phenoxy) is 1. The van der Waals surface area contributed by atoms with Gasteiger partial charge in [0.2, 0.25) is 0 Å². The summed E-state index contributed by atoms with van der Waals surface area (Å²) in [6.45, 7) is 7.77. The monoisotopic (exact) mass is 231 g/mol. The van der Waals surface area contributed by atoms with Gasteiger partial charge in [-0.05, 0) is 11.8 Å². The second-order valence-electron chi connectivity index (χ2n) is 4.34. The number of hydrogen-bond donors (Lipinski definition) is 2. The van der Waals surface area contributed by atoms with Crippen LogP contribution in [0.5, 0.6) is 0 Å². The molecule has 2 N–H and O–H groups in total. The first-order valence-corrected chi connectivity index (χ1v) is 5.54. The van der Waals surface area contributed by atoms with Crippen LogP contribution >= 0.6 is 0 Å². The van der Waals surface area contributed by atoms with E-state index in [9.17, 15) is 9.59 Å². The van der Waals surface area contributed by atoms with Crippen molar-refractivity contribution in [1.29, 1.82) is 0 Å². The third-order valence-electron chi connectivity index (χ3n) is 2.30. The van der Waals surface area contributed by atoms with Crippen LogP contribution in [0, 0.1) is 11.8 Å². The van der Waals surface area contributed by atoms with E-state index in [1.165, 1.54) is 0 Å². The maximum atomic E-state index is 11.3.